The van der Waals surface area contributed by atoms with E-state index < -0.39 is 0 Å². The van der Waals surface area contributed by atoms with Gasteiger partial charge in [0.05, 0.1) is 5.69 Å². The molecule has 0 radical (unpaired) electrons. The van der Waals surface area contributed by atoms with Crippen LogP contribution in [0.4, 0.5) is 0 Å². The molecular formula is C10H9N3O2. The molecule has 0 aliphatic rings. The summed E-state index contributed by atoms with van der Waals surface area (Å²) in [5.74, 6) is -0.205. The Bertz CT molecular complexity index is 510. The molecule has 5 nitrogen and oxygen atoms in total. The lowest BCUT2D eigenvalue weighted by molar-refractivity contribution is 0.103. The maximum Gasteiger partial charge on any atom is 0.214 e. The van der Waals surface area contributed by atoms with E-state index in [0.29, 0.717) is 23.2 Å². The number of aldehydes is 1. The summed E-state index contributed by atoms with van der Waals surface area (Å²) in [6, 6.07) is 3.16. The first-order valence-corrected chi connectivity index (χ1v) is 4.41. The minimum absolute atomic E-state index is 0.205. The molecule has 0 saturated carbocycles. The van der Waals surface area contributed by atoms with Crippen molar-refractivity contribution < 1.29 is 9.59 Å². The van der Waals surface area contributed by atoms with Gasteiger partial charge in [-0.25, -0.2) is 0 Å². The van der Waals surface area contributed by atoms with Crippen molar-refractivity contribution in [3.05, 3.63) is 41.0 Å². The van der Waals surface area contributed by atoms with E-state index in [9.17, 15) is 9.59 Å². The number of aromatic nitrogens is 3. The van der Waals surface area contributed by atoms with Crippen LogP contribution in [0.5, 0.6) is 0 Å². The highest BCUT2D eigenvalue weighted by molar-refractivity contribution is 6.08. The largest absolute Gasteiger partial charge is 0.358 e. The summed E-state index contributed by atoms with van der Waals surface area (Å²) in [7, 11) is 0. The minimum Gasteiger partial charge on any atom is -0.358 e. The Morgan fingerprint density at radius 2 is 2.27 bits per heavy atom. The van der Waals surface area contributed by atoms with Crippen LogP contribution in [0.2, 0.25) is 0 Å². The van der Waals surface area contributed by atoms with Crippen molar-refractivity contribution >= 4 is 12.1 Å². The number of carbonyl (C=O) groups excluding carboxylic acids is 2. The number of aryl methyl sites for hydroxylation is 1. The third kappa shape index (κ3) is 1.71. The second-order valence-corrected chi connectivity index (χ2v) is 3.23. The van der Waals surface area contributed by atoms with Crippen LogP contribution in [0.25, 0.3) is 0 Å². The number of hydrogen-bond acceptors (Lipinski definition) is 3. The van der Waals surface area contributed by atoms with Crippen molar-refractivity contribution in [1.29, 1.82) is 0 Å². The minimum atomic E-state index is -0.205. The summed E-state index contributed by atoms with van der Waals surface area (Å²) < 4.78 is 0. The van der Waals surface area contributed by atoms with E-state index in [4.69, 9.17) is 0 Å². The van der Waals surface area contributed by atoms with Gasteiger partial charge in [-0.1, -0.05) is 0 Å². The summed E-state index contributed by atoms with van der Waals surface area (Å²) in [6.45, 7) is 1.82. The Balaban J connectivity index is 2.31. The Kier molecular flexibility index (Phi) is 2.21. The van der Waals surface area contributed by atoms with E-state index in [1.54, 1.807) is 6.07 Å². The van der Waals surface area contributed by atoms with Crippen LogP contribution in [-0.4, -0.2) is 27.3 Å². The average molecular weight is 203 g/mol. The van der Waals surface area contributed by atoms with Gasteiger partial charge in [-0.2, -0.15) is 5.10 Å². The first kappa shape index (κ1) is 9.39. The van der Waals surface area contributed by atoms with Crippen LogP contribution in [0, 0.1) is 6.92 Å². The standard InChI is InChI=1S/C10H9N3O2/c1-6-2-9(13-12-6)10(15)7-3-8(5-14)11-4-7/h2-5,11H,1H3,(H,12,13). The number of hydrogen-bond donors (Lipinski definition) is 2. The van der Waals surface area contributed by atoms with E-state index in [1.807, 2.05) is 6.92 Å². The molecule has 2 rings (SSSR count). The van der Waals surface area contributed by atoms with Crippen LogP contribution in [0.1, 0.15) is 32.2 Å². The van der Waals surface area contributed by atoms with E-state index in [2.05, 4.69) is 15.2 Å². The highest BCUT2D eigenvalue weighted by Gasteiger charge is 2.13. The molecule has 0 atom stereocenters. The van der Waals surface area contributed by atoms with Gasteiger partial charge in [-0.3, -0.25) is 14.7 Å². The Labute approximate surface area is 85.5 Å². The van der Waals surface area contributed by atoms with Crippen molar-refractivity contribution in [2.45, 2.75) is 6.92 Å². The normalized spacial score (nSPS) is 10.2. The second kappa shape index (κ2) is 3.53. The van der Waals surface area contributed by atoms with Crippen molar-refractivity contribution in [1.82, 2.24) is 15.2 Å². The fraction of sp³-hybridized carbons (Fsp3) is 0.100. The number of nitrogens with zero attached hydrogens (tertiary/aromatic N) is 1. The van der Waals surface area contributed by atoms with E-state index in [0.717, 1.165) is 5.69 Å². The molecular weight excluding hydrogens is 194 g/mol. The predicted molar refractivity (Wildman–Crippen MR) is 52.9 cm³/mol. The quantitative estimate of drug-likeness (QED) is 0.579. The Morgan fingerprint density at radius 3 is 2.80 bits per heavy atom. The summed E-state index contributed by atoms with van der Waals surface area (Å²) in [5.41, 5.74) is 1.99. The molecule has 0 fully saturated rings. The molecule has 0 bridgehead atoms. The number of ketones is 1. The number of aromatic amines is 2. The molecule has 0 spiro atoms. The molecule has 2 aromatic heterocycles. The van der Waals surface area contributed by atoms with Crippen LogP contribution in [-0.2, 0) is 0 Å². The monoisotopic (exact) mass is 203 g/mol. The van der Waals surface area contributed by atoms with Crippen LogP contribution in [0.3, 0.4) is 0 Å². The number of carbonyl (C=O) groups is 2. The van der Waals surface area contributed by atoms with Crippen molar-refractivity contribution in [2.75, 3.05) is 0 Å². The van der Waals surface area contributed by atoms with Gasteiger partial charge in [0.2, 0.25) is 5.78 Å². The SMILES string of the molecule is Cc1cc(C(=O)c2c[nH]c(C=O)c2)n[nH]1. The lowest BCUT2D eigenvalue weighted by atomic mass is 10.1. The molecule has 0 amide bonds. The third-order valence-electron chi connectivity index (χ3n) is 2.03. The maximum atomic E-state index is 11.8. The summed E-state index contributed by atoms with van der Waals surface area (Å²) in [4.78, 5) is 24.9. The van der Waals surface area contributed by atoms with Crippen molar-refractivity contribution in [3.8, 4) is 0 Å². The molecule has 0 aliphatic carbocycles. The van der Waals surface area contributed by atoms with E-state index in [-0.39, 0.29) is 5.78 Å². The summed E-state index contributed by atoms with van der Waals surface area (Å²) in [6.07, 6.45) is 2.16. The zero-order chi connectivity index (χ0) is 10.8. The van der Waals surface area contributed by atoms with Gasteiger partial charge in [0.25, 0.3) is 0 Å². The molecule has 15 heavy (non-hydrogen) atoms. The topological polar surface area (TPSA) is 78.6 Å². The van der Waals surface area contributed by atoms with Crippen molar-refractivity contribution in [3.63, 3.8) is 0 Å². The Morgan fingerprint density at radius 1 is 1.47 bits per heavy atom. The number of H-pyrrole nitrogens is 2. The van der Waals surface area contributed by atoms with Crippen LogP contribution < -0.4 is 0 Å². The van der Waals surface area contributed by atoms with E-state index >= 15 is 0 Å². The van der Waals surface area contributed by atoms with Crippen molar-refractivity contribution in [2.24, 2.45) is 0 Å². The molecule has 5 heteroatoms. The average Bonchev–Trinajstić information content (AvgIpc) is 2.84. The molecule has 76 valence electrons. The number of rotatable bonds is 3. The fourth-order valence-electron chi connectivity index (χ4n) is 1.29. The highest BCUT2D eigenvalue weighted by Crippen LogP contribution is 2.09. The van der Waals surface area contributed by atoms with Crippen LogP contribution in [0.15, 0.2) is 18.3 Å². The third-order valence-corrected chi connectivity index (χ3v) is 2.03. The van der Waals surface area contributed by atoms with Gasteiger partial charge < -0.3 is 4.98 Å². The first-order valence-electron chi connectivity index (χ1n) is 4.41. The first-order chi connectivity index (χ1) is 7.20. The van der Waals surface area contributed by atoms with Gasteiger partial charge >= 0.3 is 0 Å². The smallest absolute Gasteiger partial charge is 0.214 e. The molecule has 2 heterocycles. The van der Waals surface area contributed by atoms with Gasteiger partial charge in [0.15, 0.2) is 6.29 Å². The lowest BCUT2D eigenvalue weighted by Gasteiger charge is -1.89. The Hall–Kier alpha value is -2.17. The maximum absolute atomic E-state index is 11.8. The lowest BCUT2D eigenvalue weighted by Crippen LogP contribution is -1.99. The molecule has 0 aromatic carbocycles. The molecule has 2 aromatic rings. The molecule has 0 unspecified atom stereocenters. The van der Waals surface area contributed by atoms with Gasteiger partial charge in [-0.05, 0) is 19.1 Å². The number of nitrogens with one attached hydrogen (secondary N) is 2. The van der Waals surface area contributed by atoms with Gasteiger partial charge in [-0.15, -0.1) is 0 Å². The fourth-order valence-corrected chi connectivity index (χ4v) is 1.29. The zero-order valence-electron chi connectivity index (χ0n) is 8.07. The zero-order valence-corrected chi connectivity index (χ0v) is 8.07. The van der Waals surface area contributed by atoms with Gasteiger partial charge in [0, 0.05) is 17.5 Å². The van der Waals surface area contributed by atoms with Crippen LogP contribution >= 0.6 is 0 Å². The summed E-state index contributed by atoms with van der Waals surface area (Å²) in [5, 5.41) is 6.54. The van der Waals surface area contributed by atoms with E-state index in [1.165, 1.54) is 12.3 Å². The molecule has 0 saturated heterocycles. The summed E-state index contributed by atoms with van der Waals surface area (Å²) >= 11 is 0. The van der Waals surface area contributed by atoms with Gasteiger partial charge in [0.1, 0.15) is 5.69 Å². The second-order valence-electron chi connectivity index (χ2n) is 3.23. The molecule has 2 N–H and O–H groups in total. The highest BCUT2D eigenvalue weighted by atomic mass is 16.1. The molecule has 0 aliphatic heterocycles. The predicted octanol–water partition coefficient (Wildman–Crippen LogP) is 1.09.